The highest BCUT2D eigenvalue weighted by atomic mass is 16.5. The van der Waals surface area contributed by atoms with E-state index < -0.39 is 12.2 Å². The van der Waals surface area contributed by atoms with E-state index in [2.05, 4.69) is 0 Å². The Balaban J connectivity index is 2.26. The first-order valence-corrected chi connectivity index (χ1v) is 7.01. The Bertz CT molecular complexity index is 358. The molecule has 20 heavy (non-hydrogen) atoms. The molecule has 4 nitrogen and oxygen atoms in total. The summed E-state index contributed by atoms with van der Waals surface area (Å²) in [6.07, 6.45) is -0.862. The molecule has 1 rings (SSSR count). The van der Waals surface area contributed by atoms with Crippen LogP contribution < -0.4 is 0 Å². The van der Waals surface area contributed by atoms with E-state index in [1.54, 1.807) is 0 Å². The number of ether oxygens (including phenoxy) is 2. The van der Waals surface area contributed by atoms with Gasteiger partial charge in [0.05, 0.1) is 24.9 Å². The lowest BCUT2D eigenvalue weighted by molar-refractivity contribution is -0.132. The molecule has 4 heteroatoms. The van der Waals surface area contributed by atoms with E-state index in [0.29, 0.717) is 19.6 Å². The Hall–Kier alpha value is -0.940. The third kappa shape index (κ3) is 7.01. The van der Waals surface area contributed by atoms with Crippen molar-refractivity contribution in [3.05, 3.63) is 35.9 Å². The van der Waals surface area contributed by atoms with Gasteiger partial charge >= 0.3 is 0 Å². The highest BCUT2D eigenvalue weighted by Crippen LogP contribution is 2.15. The maximum absolute atomic E-state index is 10.0. The monoisotopic (exact) mass is 282 g/mol. The second-order valence-corrected chi connectivity index (χ2v) is 5.85. The minimum Gasteiger partial charge on any atom is -0.394 e. The molecule has 0 aliphatic rings. The van der Waals surface area contributed by atoms with E-state index in [4.69, 9.17) is 9.47 Å². The zero-order chi connectivity index (χ0) is 15.0. The van der Waals surface area contributed by atoms with Crippen molar-refractivity contribution in [2.24, 2.45) is 0 Å². The van der Waals surface area contributed by atoms with Crippen molar-refractivity contribution < 1.29 is 19.7 Å². The van der Waals surface area contributed by atoms with Crippen molar-refractivity contribution in [3.8, 4) is 0 Å². The van der Waals surface area contributed by atoms with Gasteiger partial charge in [0, 0.05) is 6.61 Å². The fourth-order valence-corrected chi connectivity index (χ4v) is 1.85. The van der Waals surface area contributed by atoms with Crippen molar-refractivity contribution >= 4 is 0 Å². The van der Waals surface area contributed by atoms with E-state index in [0.717, 1.165) is 5.56 Å². The van der Waals surface area contributed by atoms with Crippen LogP contribution in [0.15, 0.2) is 30.3 Å². The Kier molecular flexibility index (Phi) is 7.16. The maximum Gasteiger partial charge on any atom is 0.107 e. The summed E-state index contributed by atoms with van der Waals surface area (Å²) in [4.78, 5) is 0. The quantitative estimate of drug-likeness (QED) is 0.717. The summed E-state index contributed by atoms with van der Waals surface area (Å²) in [5.74, 6) is 0. The van der Waals surface area contributed by atoms with Crippen LogP contribution in [0.1, 0.15) is 32.8 Å². The van der Waals surface area contributed by atoms with Gasteiger partial charge in [0.2, 0.25) is 0 Å². The SMILES string of the molecule is CC(C)(C)O[C@@H](CO)[C@@H](O)CCOCc1ccccc1. The molecule has 0 fully saturated rings. The van der Waals surface area contributed by atoms with Crippen LogP contribution in [0.2, 0.25) is 0 Å². The summed E-state index contributed by atoms with van der Waals surface area (Å²) < 4.78 is 11.1. The minimum absolute atomic E-state index is 0.197. The molecule has 2 N–H and O–H groups in total. The number of rotatable bonds is 8. The van der Waals surface area contributed by atoms with Gasteiger partial charge in [-0.05, 0) is 32.8 Å². The van der Waals surface area contributed by atoms with E-state index in [1.165, 1.54) is 0 Å². The normalized spacial score (nSPS) is 15.1. The Morgan fingerprint density at radius 3 is 2.35 bits per heavy atom. The molecule has 114 valence electrons. The van der Waals surface area contributed by atoms with Crippen LogP contribution >= 0.6 is 0 Å². The third-order valence-electron chi connectivity index (χ3n) is 2.78. The van der Waals surface area contributed by atoms with Crippen LogP contribution in [0.3, 0.4) is 0 Å². The second-order valence-electron chi connectivity index (χ2n) is 5.85. The molecule has 0 aliphatic carbocycles. The summed E-state index contributed by atoms with van der Waals surface area (Å²) in [5, 5.41) is 19.3. The first kappa shape index (κ1) is 17.1. The number of hydrogen-bond acceptors (Lipinski definition) is 4. The number of aliphatic hydroxyl groups excluding tert-OH is 2. The van der Waals surface area contributed by atoms with Gasteiger partial charge in [-0.25, -0.2) is 0 Å². The smallest absolute Gasteiger partial charge is 0.107 e. The Labute approximate surface area is 121 Å². The predicted octanol–water partition coefficient (Wildman–Crippen LogP) is 2.13. The van der Waals surface area contributed by atoms with Crippen LogP contribution in [0.4, 0.5) is 0 Å². The number of hydrogen-bond donors (Lipinski definition) is 2. The molecular weight excluding hydrogens is 256 g/mol. The molecular formula is C16H26O4. The molecule has 0 bridgehead atoms. The molecule has 0 heterocycles. The zero-order valence-electron chi connectivity index (χ0n) is 12.6. The highest BCUT2D eigenvalue weighted by Gasteiger charge is 2.24. The van der Waals surface area contributed by atoms with Gasteiger partial charge in [0.25, 0.3) is 0 Å². The fraction of sp³-hybridized carbons (Fsp3) is 0.625. The third-order valence-corrected chi connectivity index (χ3v) is 2.78. The molecule has 0 radical (unpaired) electrons. The first-order chi connectivity index (χ1) is 9.42. The van der Waals surface area contributed by atoms with Crippen LogP contribution in [0, 0.1) is 0 Å². The van der Waals surface area contributed by atoms with E-state index in [-0.39, 0.29) is 12.2 Å². The standard InChI is InChI=1S/C16H26O4/c1-16(2,3)20-15(11-17)14(18)9-10-19-12-13-7-5-4-6-8-13/h4-8,14-15,17-18H,9-12H2,1-3H3/t14-,15-/m0/s1. The highest BCUT2D eigenvalue weighted by molar-refractivity contribution is 5.13. The molecule has 2 atom stereocenters. The molecule has 0 aromatic heterocycles. The van der Waals surface area contributed by atoms with Gasteiger partial charge in [-0.3, -0.25) is 0 Å². The van der Waals surface area contributed by atoms with E-state index in [1.807, 2.05) is 51.1 Å². The number of aliphatic hydroxyl groups is 2. The Morgan fingerprint density at radius 1 is 1.15 bits per heavy atom. The van der Waals surface area contributed by atoms with Gasteiger partial charge < -0.3 is 19.7 Å². The molecule has 0 saturated carbocycles. The van der Waals surface area contributed by atoms with Crippen LogP contribution in [-0.2, 0) is 16.1 Å². The molecule has 1 aromatic carbocycles. The summed E-state index contributed by atoms with van der Waals surface area (Å²) in [5.41, 5.74) is 0.714. The minimum atomic E-state index is -0.727. The lowest BCUT2D eigenvalue weighted by atomic mass is 10.1. The van der Waals surface area contributed by atoms with Crippen molar-refractivity contribution in [1.82, 2.24) is 0 Å². The lowest BCUT2D eigenvalue weighted by Gasteiger charge is -2.29. The molecule has 0 saturated heterocycles. The van der Waals surface area contributed by atoms with Crippen LogP contribution in [0.25, 0.3) is 0 Å². The van der Waals surface area contributed by atoms with E-state index in [9.17, 15) is 10.2 Å². The van der Waals surface area contributed by atoms with Gasteiger partial charge in [0.15, 0.2) is 0 Å². The van der Waals surface area contributed by atoms with Gasteiger partial charge in [-0.2, -0.15) is 0 Å². The zero-order valence-corrected chi connectivity index (χ0v) is 12.6. The maximum atomic E-state index is 10.0. The summed E-state index contributed by atoms with van der Waals surface area (Å²) >= 11 is 0. The van der Waals surface area contributed by atoms with Gasteiger partial charge in [-0.15, -0.1) is 0 Å². The topological polar surface area (TPSA) is 58.9 Å². The summed E-state index contributed by atoms with van der Waals surface area (Å²) in [6, 6.07) is 9.88. The molecule has 0 aliphatic heterocycles. The predicted molar refractivity (Wildman–Crippen MR) is 78.4 cm³/mol. The molecule has 0 unspecified atom stereocenters. The Morgan fingerprint density at radius 2 is 1.80 bits per heavy atom. The van der Waals surface area contributed by atoms with Crippen LogP contribution in [0.5, 0.6) is 0 Å². The largest absolute Gasteiger partial charge is 0.394 e. The first-order valence-electron chi connectivity index (χ1n) is 7.01. The lowest BCUT2D eigenvalue weighted by Crippen LogP contribution is -2.39. The summed E-state index contributed by atoms with van der Waals surface area (Å²) in [6.45, 7) is 6.45. The van der Waals surface area contributed by atoms with Crippen molar-refractivity contribution in [3.63, 3.8) is 0 Å². The number of benzene rings is 1. The average Bonchev–Trinajstić information content (AvgIpc) is 2.41. The van der Waals surface area contributed by atoms with Crippen molar-refractivity contribution in [2.45, 2.75) is 51.6 Å². The molecule has 0 amide bonds. The van der Waals surface area contributed by atoms with Crippen LogP contribution in [-0.4, -0.2) is 41.2 Å². The fourth-order valence-electron chi connectivity index (χ4n) is 1.85. The van der Waals surface area contributed by atoms with Gasteiger partial charge in [0.1, 0.15) is 6.10 Å². The summed E-state index contributed by atoms with van der Waals surface area (Å²) in [7, 11) is 0. The van der Waals surface area contributed by atoms with Crippen molar-refractivity contribution in [2.75, 3.05) is 13.2 Å². The van der Waals surface area contributed by atoms with Gasteiger partial charge in [-0.1, -0.05) is 30.3 Å². The van der Waals surface area contributed by atoms with E-state index >= 15 is 0 Å². The molecule has 1 aromatic rings. The molecule has 0 spiro atoms. The van der Waals surface area contributed by atoms with Crippen molar-refractivity contribution in [1.29, 1.82) is 0 Å². The average molecular weight is 282 g/mol. The second kappa shape index (κ2) is 8.37.